The van der Waals surface area contributed by atoms with Crippen LogP contribution >= 0.6 is 0 Å². The molecule has 13 heavy (non-hydrogen) atoms. The number of aryl methyl sites for hydroxylation is 3. The largest absolute Gasteiger partial charge is 0.100 e. The Kier molecular flexibility index (Phi) is 5.13. The van der Waals surface area contributed by atoms with Gasteiger partial charge in [0.15, 0.2) is 0 Å². The highest BCUT2D eigenvalue weighted by Crippen LogP contribution is 2.07. The predicted octanol–water partition coefficient (Wildman–Crippen LogP) is 4.19. The first-order valence-corrected chi connectivity index (χ1v) is 4.59. The summed E-state index contributed by atoms with van der Waals surface area (Å²) in [6.07, 6.45) is 0. The van der Waals surface area contributed by atoms with Gasteiger partial charge in [-0.1, -0.05) is 29.3 Å². The zero-order chi connectivity index (χ0) is 10.4. The summed E-state index contributed by atoms with van der Waals surface area (Å²) in [4.78, 5) is 0. The molecule has 0 aliphatic rings. The van der Waals surface area contributed by atoms with Crippen LogP contribution in [-0.4, -0.2) is 0 Å². The van der Waals surface area contributed by atoms with Gasteiger partial charge in [0.25, 0.3) is 0 Å². The Hall–Kier alpha value is -1.04. The van der Waals surface area contributed by atoms with Crippen molar-refractivity contribution < 1.29 is 0 Å². The minimum absolute atomic E-state index is 1.17. The highest BCUT2D eigenvalue weighted by atomic mass is 13.9. The molecule has 0 aromatic heterocycles. The number of benzene rings is 1. The topological polar surface area (TPSA) is 0 Å². The van der Waals surface area contributed by atoms with E-state index < -0.39 is 0 Å². The minimum atomic E-state index is 1.17. The number of hydrogen-bond acceptors (Lipinski definition) is 0. The highest BCUT2D eigenvalue weighted by molar-refractivity contribution is 5.28. The second-order valence-electron chi connectivity index (χ2n) is 3.79. The summed E-state index contributed by atoms with van der Waals surface area (Å²) >= 11 is 0. The molecule has 0 nitrogen and oxygen atoms in total. The van der Waals surface area contributed by atoms with Crippen molar-refractivity contribution >= 4 is 0 Å². The quantitative estimate of drug-likeness (QED) is 0.520. The highest BCUT2D eigenvalue weighted by Gasteiger charge is 1.89. The molecule has 0 amide bonds. The molecule has 1 rings (SSSR count). The molecule has 0 unspecified atom stereocenters. The summed E-state index contributed by atoms with van der Waals surface area (Å²) in [5.41, 5.74) is 5.27. The van der Waals surface area contributed by atoms with Crippen molar-refractivity contribution in [2.75, 3.05) is 0 Å². The molecule has 0 spiro atoms. The summed E-state index contributed by atoms with van der Waals surface area (Å²) in [5, 5.41) is 0. The van der Waals surface area contributed by atoms with E-state index in [1.165, 1.54) is 22.3 Å². The molecule has 0 heterocycles. The van der Waals surface area contributed by atoms with E-state index in [1.54, 1.807) is 0 Å². The summed E-state index contributed by atoms with van der Waals surface area (Å²) in [6, 6.07) is 6.50. The molecule has 1 aromatic carbocycles. The van der Waals surface area contributed by atoms with Gasteiger partial charge < -0.3 is 0 Å². The molecule has 72 valence electrons. The zero-order valence-corrected chi connectivity index (χ0v) is 9.44. The maximum atomic E-state index is 3.56. The van der Waals surface area contributed by atoms with Crippen LogP contribution in [0.4, 0.5) is 0 Å². The first kappa shape index (κ1) is 12.0. The normalized spacial score (nSPS) is 8.69. The third-order valence-electron chi connectivity index (χ3n) is 1.66. The summed E-state index contributed by atoms with van der Waals surface area (Å²) in [7, 11) is 0. The van der Waals surface area contributed by atoms with Crippen molar-refractivity contribution in [1.29, 1.82) is 0 Å². The summed E-state index contributed by atoms with van der Waals surface area (Å²) in [5.74, 6) is 0. The molecule has 1 aromatic rings. The van der Waals surface area contributed by atoms with Crippen molar-refractivity contribution in [3.8, 4) is 0 Å². The maximum absolute atomic E-state index is 3.56. The van der Waals surface area contributed by atoms with Crippen LogP contribution in [0.25, 0.3) is 0 Å². The lowest BCUT2D eigenvalue weighted by Gasteiger charge is -1.98. The second-order valence-corrected chi connectivity index (χ2v) is 3.79. The number of hydrogen-bond donors (Lipinski definition) is 0. The Labute approximate surface area is 82.3 Å². The van der Waals surface area contributed by atoms with Crippen LogP contribution in [0.5, 0.6) is 0 Å². The Morgan fingerprint density at radius 1 is 1.00 bits per heavy atom. The fraction of sp³-hybridized carbons (Fsp3) is 0.385. The van der Waals surface area contributed by atoms with Crippen LogP contribution in [0, 0.1) is 20.8 Å². The van der Waals surface area contributed by atoms with Gasteiger partial charge >= 0.3 is 0 Å². The molecule has 0 heteroatoms. The van der Waals surface area contributed by atoms with Gasteiger partial charge in [0.2, 0.25) is 0 Å². The van der Waals surface area contributed by atoms with E-state index >= 15 is 0 Å². The molecular weight excluding hydrogens is 156 g/mol. The second kappa shape index (κ2) is 5.58. The Morgan fingerprint density at radius 2 is 1.46 bits per heavy atom. The van der Waals surface area contributed by atoms with Crippen LogP contribution in [-0.2, 0) is 0 Å². The lowest BCUT2D eigenvalue weighted by atomic mass is 10.1. The van der Waals surface area contributed by atoms with E-state index in [2.05, 4.69) is 45.5 Å². The van der Waals surface area contributed by atoms with Crippen molar-refractivity contribution in [3.05, 3.63) is 47.0 Å². The monoisotopic (exact) mass is 176 g/mol. The fourth-order valence-corrected chi connectivity index (χ4v) is 0.891. The summed E-state index contributed by atoms with van der Waals surface area (Å²) in [6.45, 7) is 13.9. The van der Waals surface area contributed by atoms with Crippen molar-refractivity contribution in [2.24, 2.45) is 0 Å². The lowest BCUT2D eigenvalue weighted by Crippen LogP contribution is -1.79. The molecular formula is C13H20. The first-order valence-electron chi connectivity index (χ1n) is 4.59. The number of rotatable bonds is 0. The van der Waals surface area contributed by atoms with Gasteiger partial charge in [0.1, 0.15) is 0 Å². The van der Waals surface area contributed by atoms with E-state index in [1.807, 2.05) is 13.8 Å². The Bertz CT molecular complexity index is 278. The lowest BCUT2D eigenvalue weighted by molar-refractivity contribution is 1.30. The molecule has 0 N–H and O–H groups in total. The van der Waals surface area contributed by atoms with E-state index in [9.17, 15) is 0 Å². The molecule has 0 atom stereocenters. The molecule has 0 saturated heterocycles. The van der Waals surface area contributed by atoms with Crippen LogP contribution in [0.15, 0.2) is 30.4 Å². The maximum Gasteiger partial charge on any atom is -0.0395 e. The molecule has 0 fully saturated rings. The van der Waals surface area contributed by atoms with Gasteiger partial charge in [0, 0.05) is 0 Å². The minimum Gasteiger partial charge on any atom is -0.100 e. The van der Waals surface area contributed by atoms with E-state index in [0.29, 0.717) is 0 Å². The van der Waals surface area contributed by atoms with Crippen LogP contribution in [0.1, 0.15) is 30.5 Å². The van der Waals surface area contributed by atoms with Gasteiger partial charge in [-0.25, -0.2) is 0 Å². The SMILES string of the molecule is C=C(C)C.Cc1ccc(C)c(C)c1. The smallest absolute Gasteiger partial charge is 0.0395 e. The van der Waals surface area contributed by atoms with Gasteiger partial charge in [-0.3, -0.25) is 0 Å². The van der Waals surface area contributed by atoms with Crippen LogP contribution in [0.3, 0.4) is 0 Å². The molecule has 0 aliphatic carbocycles. The molecule has 0 saturated carbocycles. The predicted molar refractivity (Wildman–Crippen MR) is 61.1 cm³/mol. The fourth-order valence-electron chi connectivity index (χ4n) is 0.891. The average molecular weight is 176 g/mol. The molecule has 0 bridgehead atoms. The van der Waals surface area contributed by atoms with Gasteiger partial charge in [-0.2, -0.15) is 0 Å². The molecule has 0 radical (unpaired) electrons. The Balaban J connectivity index is 0.000000310. The third-order valence-corrected chi connectivity index (χ3v) is 1.66. The van der Waals surface area contributed by atoms with E-state index in [-0.39, 0.29) is 0 Å². The first-order chi connectivity index (χ1) is 5.93. The van der Waals surface area contributed by atoms with Crippen LogP contribution in [0.2, 0.25) is 0 Å². The standard InChI is InChI=1S/C9H12.C4H8/c1-7-4-5-8(2)9(3)6-7;1-4(2)3/h4-6H,1-3H3;1H2,2-3H3. The van der Waals surface area contributed by atoms with Crippen molar-refractivity contribution in [2.45, 2.75) is 34.6 Å². The van der Waals surface area contributed by atoms with E-state index in [0.717, 1.165) is 0 Å². The van der Waals surface area contributed by atoms with Gasteiger partial charge in [-0.15, -0.1) is 6.58 Å². The third kappa shape index (κ3) is 6.15. The van der Waals surface area contributed by atoms with E-state index in [4.69, 9.17) is 0 Å². The van der Waals surface area contributed by atoms with Gasteiger partial charge in [0.05, 0.1) is 0 Å². The van der Waals surface area contributed by atoms with Crippen molar-refractivity contribution in [3.63, 3.8) is 0 Å². The molecule has 0 aliphatic heterocycles. The zero-order valence-electron chi connectivity index (χ0n) is 9.44. The van der Waals surface area contributed by atoms with Gasteiger partial charge in [-0.05, 0) is 45.7 Å². The van der Waals surface area contributed by atoms with Crippen molar-refractivity contribution in [1.82, 2.24) is 0 Å². The summed E-state index contributed by atoms with van der Waals surface area (Å²) < 4.78 is 0. The average Bonchev–Trinajstić information content (AvgIpc) is 1.96. The number of allylic oxidation sites excluding steroid dienone is 1. The van der Waals surface area contributed by atoms with Crippen LogP contribution < -0.4 is 0 Å². The Morgan fingerprint density at radius 3 is 1.77 bits per heavy atom.